The summed E-state index contributed by atoms with van der Waals surface area (Å²) >= 11 is 11.5. The average Bonchev–Trinajstić information content (AvgIpc) is 2.40. The zero-order chi connectivity index (χ0) is 16.2. The monoisotopic (exact) mass is 330 g/mol. The van der Waals surface area contributed by atoms with Crippen molar-refractivity contribution < 1.29 is 19.5 Å². The van der Waals surface area contributed by atoms with Gasteiger partial charge in [0.25, 0.3) is 5.91 Å². The molecule has 0 saturated heterocycles. The second-order valence-corrected chi connectivity index (χ2v) is 4.91. The molecule has 1 rings (SSSR count). The fourth-order valence-corrected chi connectivity index (χ4v) is 1.56. The smallest absolute Gasteiger partial charge is 0.331 e. The van der Waals surface area contributed by atoms with E-state index in [9.17, 15) is 14.4 Å². The molecular formula is C13H12Cl2N2O4. The van der Waals surface area contributed by atoms with Crippen molar-refractivity contribution in [3.8, 4) is 0 Å². The molecule has 0 aliphatic carbocycles. The van der Waals surface area contributed by atoms with Gasteiger partial charge in [-0.05, 0) is 32.0 Å². The molecule has 1 aromatic rings. The third-order valence-electron chi connectivity index (χ3n) is 2.63. The van der Waals surface area contributed by atoms with Gasteiger partial charge in [0.15, 0.2) is 0 Å². The summed E-state index contributed by atoms with van der Waals surface area (Å²) in [6.07, 6.45) is 0. The number of anilines is 1. The summed E-state index contributed by atoms with van der Waals surface area (Å²) in [5.74, 6) is -2.03. The Morgan fingerprint density at radius 3 is 2.19 bits per heavy atom. The molecule has 8 heteroatoms. The van der Waals surface area contributed by atoms with Crippen LogP contribution >= 0.6 is 23.2 Å². The van der Waals surface area contributed by atoms with Crippen LogP contribution in [0.15, 0.2) is 29.3 Å². The number of carboxylic acids is 1. The Morgan fingerprint density at radius 2 is 1.67 bits per heavy atom. The molecule has 0 spiro atoms. The van der Waals surface area contributed by atoms with Gasteiger partial charge in [-0.25, -0.2) is 9.59 Å². The van der Waals surface area contributed by atoms with Gasteiger partial charge in [-0.1, -0.05) is 23.2 Å². The maximum atomic E-state index is 11.7. The number of rotatable bonds is 3. The molecule has 0 unspecified atom stereocenters. The Labute approximate surface area is 130 Å². The molecule has 3 amide bonds. The van der Waals surface area contributed by atoms with Crippen LogP contribution in [0.4, 0.5) is 10.5 Å². The summed E-state index contributed by atoms with van der Waals surface area (Å²) in [6.45, 7) is 2.58. The summed E-state index contributed by atoms with van der Waals surface area (Å²) in [7, 11) is 0. The number of hydrogen-bond donors (Lipinski definition) is 3. The van der Waals surface area contributed by atoms with Crippen LogP contribution in [0.5, 0.6) is 0 Å². The van der Waals surface area contributed by atoms with Gasteiger partial charge in [0.2, 0.25) is 0 Å². The van der Waals surface area contributed by atoms with E-state index in [4.69, 9.17) is 28.3 Å². The minimum Gasteiger partial charge on any atom is -0.478 e. The fourth-order valence-electron chi connectivity index (χ4n) is 1.26. The van der Waals surface area contributed by atoms with Crippen LogP contribution in [0.25, 0.3) is 0 Å². The first-order valence-electron chi connectivity index (χ1n) is 5.70. The predicted octanol–water partition coefficient (Wildman–Crippen LogP) is 3.06. The minimum atomic E-state index is -1.23. The summed E-state index contributed by atoms with van der Waals surface area (Å²) in [6, 6.07) is 3.60. The van der Waals surface area contributed by atoms with Crippen LogP contribution in [-0.4, -0.2) is 23.0 Å². The van der Waals surface area contributed by atoms with Crippen molar-refractivity contribution in [2.75, 3.05) is 5.32 Å². The number of imide groups is 1. The van der Waals surface area contributed by atoms with Crippen LogP contribution in [0, 0.1) is 0 Å². The Hall–Kier alpha value is -2.05. The van der Waals surface area contributed by atoms with Crippen LogP contribution < -0.4 is 10.6 Å². The SMILES string of the molecule is CC(C(=O)O)=C(C)C(=O)NC(=O)Nc1ccc(Cl)c(Cl)c1. The first kappa shape index (κ1) is 17.0. The highest BCUT2D eigenvalue weighted by Gasteiger charge is 2.15. The molecule has 0 aromatic heterocycles. The number of benzene rings is 1. The van der Waals surface area contributed by atoms with E-state index >= 15 is 0 Å². The van der Waals surface area contributed by atoms with Crippen molar-refractivity contribution in [2.24, 2.45) is 0 Å². The second kappa shape index (κ2) is 7.10. The number of carbonyl (C=O) groups excluding carboxylic acids is 2. The minimum absolute atomic E-state index is 0.0632. The van der Waals surface area contributed by atoms with Gasteiger partial charge >= 0.3 is 12.0 Å². The molecule has 3 N–H and O–H groups in total. The van der Waals surface area contributed by atoms with E-state index in [0.29, 0.717) is 10.7 Å². The standard InChI is InChI=1S/C13H12Cl2N2O4/c1-6(7(2)12(19)20)11(18)17-13(21)16-8-3-4-9(14)10(15)5-8/h3-5H,1-2H3,(H,19,20)(H2,16,17,18,21). The first-order valence-corrected chi connectivity index (χ1v) is 6.46. The largest absolute Gasteiger partial charge is 0.478 e. The highest BCUT2D eigenvalue weighted by atomic mass is 35.5. The van der Waals surface area contributed by atoms with E-state index in [1.54, 1.807) is 0 Å². The highest BCUT2D eigenvalue weighted by molar-refractivity contribution is 6.42. The van der Waals surface area contributed by atoms with Gasteiger partial charge in [-0.15, -0.1) is 0 Å². The van der Waals surface area contributed by atoms with E-state index in [2.05, 4.69) is 5.32 Å². The number of halogens is 2. The fraction of sp³-hybridized carbons (Fsp3) is 0.154. The molecular weight excluding hydrogens is 319 g/mol. The molecule has 0 bridgehead atoms. The van der Waals surface area contributed by atoms with E-state index in [1.165, 1.54) is 32.0 Å². The molecule has 0 aliphatic rings. The zero-order valence-corrected chi connectivity index (χ0v) is 12.7. The normalized spacial score (nSPS) is 11.4. The Morgan fingerprint density at radius 1 is 1.05 bits per heavy atom. The lowest BCUT2D eigenvalue weighted by atomic mass is 10.1. The van der Waals surface area contributed by atoms with Crippen LogP contribution in [0.3, 0.4) is 0 Å². The maximum absolute atomic E-state index is 11.7. The Bertz CT molecular complexity index is 641. The summed E-state index contributed by atoms with van der Waals surface area (Å²) < 4.78 is 0. The zero-order valence-electron chi connectivity index (χ0n) is 11.2. The van der Waals surface area contributed by atoms with E-state index in [1.807, 2.05) is 5.32 Å². The number of carboxylic acid groups (broad SMARTS) is 1. The molecule has 1 aromatic carbocycles. The number of amides is 3. The molecule has 0 radical (unpaired) electrons. The van der Waals surface area contributed by atoms with Gasteiger partial charge in [0.05, 0.1) is 10.0 Å². The van der Waals surface area contributed by atoms with Crippen LogP contribution in [0.2, 0.25) is 10.0 Å². The van der Waals surface area contributed by atoms with Crippen molar-refractivity contribution in [1.82, 2.24) is 5.32 Å². The van der Waals surface area contributed by atoms with Gasteiger partial charge in [-0.2, -0.15) is 0 Å². The summed E-state index contributed by atoms with van der Waals surface area (Å²) in [4.78, 5) is 34.0. The van der Waals surface area contributed by atoms with Crippen LogP contribution in [0.1, 0.15) is 13.8 Å². The summed E-state index contributed by atoms with van der Waals surface area (Å²) in [5, 5.41) is 13.7. The number of nitrogens with one attached hydrogen (secondary N) is 2. The lowest BCUT2D eigenvalue weighted by Crippen LogP contribution is -2.35. The maximum Gasteiger partial charge on any atom is 0.331 e. The van der Waals surface area contributed by atoms with Crippen LogP contribution in [-0.2, 0) is 9.59 Å². The number of aliphatic carboxylic acids is 1. The second-order valence-electron chi connectivity index (χ2n) is 4.09. The van der Waals surface area contributed by atoms with Gasteiger partial charge in [0.1, 0.15) is 0 Å². The molecule has 112 valence electrons. The Balaban J connectivity index is 2.74. The van der Waals surface area contributed by atoms with Crippen molar-refractivity contribution in [1.29, 1.82) is 0 Å². The number of hydrogen-bond acceptors (Lipinski definition) is 3. The molecule has 6 nitrogen and oxygen atoms in total. The molecule has 0 aliphatic heterocycles. The summed E-state index contributed by atoms with van der Waals surface area (Å²) in [5.41, 5.74) is 0.132. The van der Waals surface area contributed by atoms with Gasteiger partial charge in [-0.3, -0.25) is 10.1 Å². The molecule has 0 fully saturated rings. The molecule has 0 saturated carbocycles. The van der Waals surface area contributed by atoms with Crippen molar-refractivity contribution in [3.05, 3.63) is 39.4 Å². The van der Waals surface area contributed by atoms with E-state index < -0.39 is 17.9 Å². The van der Waals surface area contributed by atoms with Gasteiger partial charge < -0.3 is 10.4 Å². The molecule has 0 atom stereocenters. The van der Waals surface area contributed by atoms with Crippen molar-refractivity contribution in [3.63, 3.8) is 0 Å². The Kier molecular flexibility index (Phi) is 5.75. The molecule has 21 heavy (non-hydrogen) atoms. The predicted molar refractivity (Wildman–Crippen MR) is 79.6 cm³/mol. The quantitative estimate of drug-likeness (QED) is 0.742. The van der Waals surface area contributed by atoms with E-state index in [0.717, 1.165) is 0 Å². The lowest BCUT2D eigenvalue weighted by molar-refractivity contribution is -0.133. The number of urea groups is 1. The third-order valence-corrected chi connectivity index (χ3v) is 3.37. The topological polar surface area (TPSA) is 95.5 Å². The molecule has 0 heterocycles. The first-order chi connectivity index (χ1) is 9.72. The van der Waals surface area contributed by atoms with Gasteiger partial charge in [0, 0.05) is 16.8 Å². The third kappa shape index (κ3) is 4.77. The van der Waals surface area contributed by atoms with Crippen molar-refractivity contribution >= 4 is 46.8 Å². The number of carbonyl (C=O) groups is 3. The van der Waals surface area contributed by atoms with E-state index in [-0.39, 0.29) is 16.2 Å². The highest BCUT2D eigenvalue weighted by Crippen LogP contribution is 2.24. The lowest BCUT2D eigenvalue weighted by Gasteiger charge is -2.08. The average molecular weight is 331 g/mol. The van der Waals surface area contributed by atoms with Crippen molar-refractivity contribution in [2.45, 2.75) is 13.8 Å².